The number of halogens is 1. The maximum absolute atomic E-state index is 13.4. The van der Waals surface area contributed by atoms with Crippen molar-refractivity contribution in [3.63, 3.8) is 0 Å². The van der Waals surface area contributed by atoms with Crippen LogP contribution in [0.4, 0.5) is 0 Å². The highest BCUT2D eigenvalue weighted by molar-refractivity contribution is 6.31. The van der Waals surface area contributed by atoms with Crippen LogP contribution in [0.15, 0.2) is 42.5 Å². The van der Waals surface area contributed by atoms with Crippen molar-refractivity contribution in [2.45, 2.75) is 60.0 Å². The second-order valence-electron chi connectivity index (χ2n) is 8.28. The highest BCUT2D eigenvalue weighted by atomic mass is 35.5. The molecule has 0 heterocycles. The Bertz CT molecular complexity index is 879. The third-order valence-corrected chi connectivity index (χ3v) is 5.58. The van der Waals surface area contributed by atoms with E-state index in [0.29, 0.717) is 30.5 Å². The summed E-state index contributed by atoms with van der Waals surface area (Å²) in [4.78, 5) is 28.1. The van der Waals surface area contributed by atoms with E-state index in [1.54, 1.807) is 4.90 Å². The maximum atomic E-state index is 13.4. The zero-order chi connectivity index (χ0) is 22.3. The van der Waals surface area contributed by atoms with E-state index in [4.69, 9.17) is 11.6 Å². The number of nitrogens with one attached hydrogen (secondary N) is 1. The van der Waals surface area contributed by atoms with Gasteiger partial charge in [0.1, 0.15) is 6.04 Å². The molecule has 2 aromatic carbocycles. The lowest BCUT2D eigenvalue weighted by Crippen LogP contribution is -2.50. The molecule has 1 atom stereocenters. The Kier molecular flexibility index (Phi) is 8.91. The third kappa shape index (κ3) is 6.60. The van der Waals surface area contributed by atoms with E-state index in [0.717, 1.165) is 22.3 Å². The van der Waals surface area contributed by atoms with Crippen LogP contribution in [0, 0.1) is 19.8 Å². The molecule has 4 nitrogen and oxygen atoms in total. The molecule has 0 aromatic heterocycles. The summed E-state index contributed by atoms with van der Waals surface area (Å²) >= 11 is 6.37. The number of hydrogen-bond acceptors (Lipinski definition) is 2. The van der Waals surface area contributed by atoms with Gasteiger partial charge in [-0.2, -0.15) is 0 Å². The maximum Gasteiger partial charge on any atom is 0.242 e. The van der Waals surface area contributed by atoms with Crippen LogP contribution in [0.3, 0.4) is 0 Å². The summed E-state index contributed by atoms with van der Waals surface area (Å²) in [5, 5.41) is 3.58. The van der Waals surface area contributed by atoms with Crippen LogP contribution < -0.4 is 5.32 Å². The Morgan fingerprint density at radius 1 is 1.07 bits per heavy atom. The lowest BCUT2D eigenvalue weighted by Gasteiger charge is -2.31. The van der Waals surface area contributed by atoms with Gasteiger partial charge < -0.3 is 10.2 Å². The quantitative estimate of drug-likeness (QED) is 0.605. The molecule has 30 heavy (non-hydrogen) atoms. The summed E-state index contributed by atoms with van der Waals surface area (Å²) in [5.74, 6) is 0.150. The number of aryl methyl sites for hydroxylation is 2. The van der Waals surface area contributed by atoms with Crippen molar-refractivity contribution in [1.29, 1.82) is 0 Å². The van der Waals surface area contributed by atoms with Gasteiger partial charge in [0.15, 0.2) is 0 Å². The highest BCUT2D eigenvalue weighted by Gasteiger charge is 2.29. The van der Waals surface area contributed by atoms with Gasteiger partial charge in [-0.05, 0) is 48.9 Å². The molecule has 2 rings (SSSR count). The van der Waals surface area contributed by atoms with Gasteiger partial charge >= 0.3 is 0 Å². The van der Waals surface area contributed by atoms with Crippen LogP contribution in [0.25, 0.3) is 0 Å². The molecule has 0 radical (unpaired) electrons. The molecule has 0 aliphatic rings. The Morgan fingerprint density at radius 3 is 2.40 bits per heavy atom. The minimum Gasteiger partial charge on any atom is -0.354 e. The monoisotopic (exact) mass is 428 g/mol. The number of benzene rings is 2. The van der Waals surface area contributed by atoms with Gasteiger partial charge in [-0.3, -0.25) is 9.59 Å². The largest absolute Gasteiger partial charge is 0.354 e. The lowest BCUT2D eigenvalue weighted by molar-refractivity contribution is -0.141. The molecule has 2 amide bonds. The predicted octanol–water partition coefficient (Wildman–Crippen LogP) is 5.08. The fourth-order valence-corrected chi connectivity index (χ4v) is 3.60. The Labute approximate surface area is 185 Å². The first-order valence-electron chi connectivity index (χ1n) is 10.6. The zero-order valence-corrected chi connectivity index (χ0v) is 19.4. The molecule has 0 bridgehead atoms. The molecule has 0 saturated carbocycles. The average molecular weight is 429 g/mol. The van der Waals surface area contributed by atoms with E-state index in [1.807, 2.05) is 63.2 Å². The summed E-state index contributed by atoms with van der Waals surface area (Å²) in [6.45, 7) is 10.9. The predicted molar refractivity (Wildman–Crippen MR) is 124 cm³/mol. The van der Waals surface area contributed by atoms with Crippen LogP contribution in [0.2, 0.25) is 5.02 Å². The van der Waals surface area contributed by atoms with Crippen LogP contribution in [0.1, 0.15) is 49.4 Å². The highest BCUT2D eigenvalue weighted by Crippen LogP contribution is 2.21. The van der Waals surface area contributed by atoms with Crippen molar-refractivity contribution in [3.8, 4) is 0 Å². The van der Waals surface area contributed by atoms with E-state index in [2.05, 4.69) is 19.2 Å². The summed E-state index contributed by atoms with van der Waals surface area (Å²) < 4.78 is 0. The summed E-state index contributed by atoms with van der Waals surface area (Å²) in [7, 11) is 0. The zero-order valence-electron chi connectivity index (χ0n) is 18.7. The molecule has 0 aliphatic carbocycles. The van der Waals surface area contributed by atoms with E-state index < -0.39 is 6.04 Å². The van der Waals surface area contributed by atoms with Gasteiger partial charge in [0.05, 0.1) is 6.42 Å². The topological polar surface area (TPSA) is 49.4 Å². The molecular weight excluding hydrogens is 396 g/mol. The van der Waals surface area contributed by atoms with Crippen molar-refractivity contribution in [3.05, 3.63) is 69.7 Å². The van der Waals surface area contributed by atoms with E-state index >= 15 is 0 Å². The van der Waals surface area contributed by atoms with Crippen molar-refractivity contribution in [1.82, 2.24) is 10.2 Å². The van der Waals surface area contributed by atoms with Crippen molar-refractivity contribution < 1.29 is 9.59 Å². The first kappa shape index (κ1) is 23.9. The van der Waals surface area contributed by atoms with Gasteiger partial charge in [-0.15, -0.1) is 0 Å². The normalized spacial score (nSPS) is 12.0. The molecule has 0 saturated heterocycles. The van der Waals surface area contributed by atoms with Gasteiger partial charge in [0.25, 0.3) is 0 Å². The number of carbonyl (C=O) groups excluding carboxylic acids is 2. The summed E-state index contributed by atoms with van der Waals surface area (Å²) in [6.07, 6.45) is 0.791. The Balaban J connectivity index is 2.33. The Hall–Kier alpha value is -2.33. The molecule has 0 spiro atoms. The van der Waals surface area contributed by atoms with E-state index in [1.165, 1.54) is 0 Å². The standard InChI is InChI=1S/C25H33ClN2O2/c1-6-23(25(30)27-15-17(2)3)28(16-20-9-7-8-10-22(20)26)24(29)14-21-13-18(4)11-12-19(21)5/h7-13,17,23H,6,14-16H2,1-5H3,(H,27,30)/t23-/m1/s1. The van der Waals surface area contributed by atoms with Gasteiger partial charge in [-0.25, -0.2) is 0 Å². The van der Waals surface area contributed by atoms with E-state index in [-0.39, 0.29) is 18.2 Å². The minimum absolute atomic E-state index is 0.0739. The van der Waals surface area contributed by atoms with Crippen LogP contribution in [-0.2, 0) is 22.6 Å². The second-order valence-corrected chi connectivity index (χ2v) is 8.69. The number of carbonyl (C=O) groups is 2. The number of rotatable bonds is 9. The second kappa shape index (κ2) is 11.2. The smallest absolute Gasteiger partial charge is 0.242 e. The number of hydrogen-bond donors (Lipinski definition) is 1. The average Bonchev–Trinajstić information content (AvgIpc) is 2.70. The minimum atomic E-state index is -0.544. The lowest BCUT2D eigenvalue weighted by atomic mass is 10.0. The molecular formula is C25H33ClN2O2. The third-order valence-electron chi connectivity index (χ3n) is 5.22. The Morgan fingerprint density at radius 2 is 1.77 bits per heavy atom. The molecule has 2 aromatic rings. The van der Waals surface area contributed by atoms with Gasteiger partial charge in [0.2, 0.25) is 11.8 Å². The first-order chi connectivity index (χ1) is 14.2. The fourth-order valence-electron chi connectivity index (χ4n) is 3.41. The summed E-state index contributed by atoms with van der Waals surface area (Å²) in [5.41, 5.74) is 4.01. The SMILES string of the molecule is CC[C@H](C(=O)NCC(C)C)N(Cc1ccccc1Cl)C(=O)Cc1cc(C)ccc1C. The van der Waals surface area contributed by atoms with Crippen LogP contribution in [0.5, 0.6) is 0 Å². The molecule has 5 heteroatoms. The van der Waals surface area contributed by atoms with Gasteiger partial charge in [-0.1, -0.05) is 74.3 Å². The molecule has 1 N–H and O–H groups in total. The first-order valence-corrected chi connectivity index (χ1v) is 11.0. The van der Waals surface area contributed by atoms with Crippen molar-refractivity contribution in [2.24, 2.45) is 5.92 Å². The molecule has 162 valence electrons. The van der Waals surface area contributed by atoms with E-state index in [9.17, 15) is 9.59 Å². The fraction of sp³-hybridized carbons (Fsp3) is 0.440. The van der Waals surface area contributed by atoms with Gasteiger partial charge in [0, 0.05) is 18.1 Å². The molecule has 0 fully saturated rings. The number of amides is 2. The summed E-state index contributed by atoms with van der Waals surface area (Å²) in [6, 6.07) is 13.0. The van der Waals surface area contributed by atoms with Crippen molar-refractivity contribution in [2.75, 3.05) is 6.54 Å². The molecule has 0 aliphatic heterocycles. The van der Waals surface area contributed by atoms with Crippen LogP contribution >= 0.6 is 11.6 Å². The molecule has 0 unspecified atom stereocenters. The van der Waals surface area contributed by atoms with Crippen LogP contribution in [-0.4, -0.2) is 29.3 Å². The van der Waals surface area contributed by atoms with Crippen molar-refractivity contribution >= 4 is 23.4 Å². The number of nitrogens with zero attached hydrogens (tertiary/aromatic N) is 1.